The highest BCUT2D eigenvalue weighted by Gasteiger charge is 2.16. The van der Waals surface area contributed by atoms with Crippen LogP contribution in [0.2, 0.25) is 0 Å². The maximum atomic E-state index is 8.92. The molecule has 1 aromatic carbocycles. The van der Waals surface area contributed by atoms with E-state index in [0.717, 1.165) is 16.9 Å². The summed E-state index contributed by atoms with van der Waals surface area (Å²) >= 11 is 3.45. The maximum absolute atomic E-state index is 8.92. The van der Waals surface area contributed by atoms with Crippen LogP contribution in [0.1, 0.15) is 37.7 Å². The molecule has 0 amide bonds. The summed E-state index contributed by atoms with van der Waals surface area (Å²) in [7, 11) is 2.14. The van der Waals surface area contributed by atoms with E-state index < -0.39 is 0 Å². The zero-order valence-corrected chi connectivity index (χ0v) is 12.4. The van der Waals surface area contributed by atoms with Gasteiger partial charge in [-0.25, -0.2) is 0 Å². The highest BCUT2D eigenvalue weighted by Crippen LogP contribution is 2.27. The van der Waals surface area contributed by atoms with E-state index in [0.29, 0.717) is 5.56 Å². The number of rotatable bonds is 3. The summed E-state index contributed by atoms with van der Waals surface area (Å²) in [6.07, 6.45) is 6.90. The molecule has 0 radical (unpaired) electrons. The summed E-state index contributed by atoms with van der Waals surface area (Å²) in [5.41, 5.74) is 1.89. The van der Waals surface area contributed by atoms with E-state index in [9.17, 15) is 0 Å². The molecule has 96 valence electrons. The molecule has 18 heavy (non-hydrogen) atoms. The van der Waals surface area contributed by atoms with Crippen LogP contribution in [0.25, 0.3) is 0 Å². The van der Waals surface area contributed by atoms with Gasteiger partial charge in [0.05, 0.1) is 5.56 Å². The first-order valence-corrected chi connectivity index (χ1v) is 7.41. The van der Waals surface area contributed by atoms with E-state index in [1.165, 1.54) is 37.8 Å². The van der Waals surface area contributed by atoms with E-state index in [4.69, 9.17) is 5.26 Å². The van der Waals surface area contributed by atoms with Crippen molar-refractivity contribution in [3.8, 4) is 6.07 Å². The van der Waals surface area contributed by atoms with Gasteiger partial charge in [-0.2, -0.15) is 5.26 Å². The fraction of sp³-hybridized carbons (Fsp3) is 0.533. The van der Waals surface area contributed by atoms with Crippen molar-refractivity contribution in [2.45, 2.75) is 32.1 Å². The van der Waals surface area contributed by atoms with Crippen molar-refractivity contribution < 1.29 is 0 Å². The van der Waals surface area contributed by atoms with E-state index in [1.807, 2.05) is 18.2 Å². The largest absolute Gasteiger partial charge is 0.374 e. The van der Waals surface area contributed by atoms with Gasteiger partial charge in [0.15, 0.2) is 0 Å². The molecule has 0 saturated heterocycles. The summed E-state index contributed by atoms with van der Waals surface area (Å²) in [6, 6.07) is 8.14. The molecule has 0 unspecified atom stereocenters. The lowest BCUT2D eigenvalue weighted by Crippen LogP contribution is -2.26. The molecule has 2 rings (SSSR count). The molecule has 2 nitrogen and oxygen atoms in total. The van der Waals surface area contributed by atoms with Crippen LogP contribution in [0.4, 0.5) is 5.69 Å². The zero-order chi connectivity index (χ0) is 13.0. The molecule has 0 bridgehead atoms. The number of anilines is 1. The van der Waals surface area contributed by atoms with Gasteiger partial charge in [-0.05, 0) is 52.9 Å². The summed E-state index contributed by atoms with van der Waals surface area (Å²) in [5, 5.41) is 8.92. The standard InChI is InChI=1S/C15H19BrN2/c1-18(11-12-5-3-2-4-6-12)14-8-7-13(10-17)15(16)9-14/h7-9,12H,2-6,11H2,1H3. The molecule has 1 aliphatic carbocycles. The molecule has 1 aromatic rings. The predicted molar refractivity (Wildman–Crippen MR) is 78.7 cm³/mol. The van der Waals surface area contributed by atoms with Crippen molar-refractivity contribution in [3.63, 3.8) is 0 Å². The number of hydrogen-bond acceptors (Lipinski definition) is 2. The highest BCUT2D eigenvalue weighted by atomic mass is 79.9. The van der Waals surface area contributed by atoms with Crippen LogP contribution in [0, 0.1) is 17.2 Å². The van der Waals surface area contributed by atoms with Crippen molar-refractivity contribution in [2.75, 3.05) is 18.5 Å². The predicted octanol–water partition coefficient (Wildman–Crippen LogP) is 4.34. The fourth-order valence-corrected chi connectivity index (χ4v) is 3.15. The molecule has 3 heteroatoms. The molecule has 0 N–H and O–H groups in total. The number of benzene rings is 1. The van der Waals surface area contributed by atoms with E-state index in [1.54, 1.807) is 0 Å². The van der Waals surface area contributed by atoms with Crippen LogP contribution in [0.15, 0.2) is 22.7 Å². The van der Waals surface area contributed by atoms with Crippen LogP contribution >= 0.6 is 15.9 Å². The monoisotopic (exact) mass is 306 g/mol. The van der Waals surface area contributed by atoms with Gasteiger partial charge < -0.3 is 4.90 Å². The number of nitriles is 1. The summed E-state index contributed by atoms with van der Waals surface area (Å²) in [5.74, 6) is 0.832. The van der Waals surface area contributed by atoms with Gasteiger partial charge in [0.1, 0.15) is 6.07 Å². The molecule has 1 aliphatic rings. The molecule has 0 atom stereocenters. The number of nitrogens with zero attached hydrogens (tertiary/aromatic N) is 2. The van der Waals surface area contributed by atoms with Gasteiger partial charge in [-0.3, -0.25) is 0 Å². The number of halogens is 1. The van der Waals surface area contributed by atoms with E-state index in [-0.39, 0.29) is 0 Å². The second kappa shape index (κ2) is 6.24. The maximum Gasteiger partial charge on any atom is 0.100 e. The Labute approximate surface area is 118 Å². The normalized spacial score (nSPS) is 16.3. The SMILES string of the molecule is CN(CC1CCCCC1)c1ccc(C#N)c(Br)c1. The lowest BCUT2D eigenvalue weighted by molar-refractivity contribution is 0.362. The Morgan fingerprint density at radius 2 is 2.06 bits per heavy atom. The lowest BCUT2D eigenvalue weighted by Gasteiger charge is -2.28. The summed E-state index contributed by atoms with van der Waals surface area (Å²) in [4.78, 5) is 2.31. The minimum absolute atomic E-state index is 0.699. The minimum atomic E-state index is 0.699. The third-order valence-electron chi connectivity index (χ3n) is 3.77. The van der Waals surface area contributed by atoms with Crippen molar-refractivity contribution in [2.24, 2.45) is 5.92 Å². The van der Waals surface area contributed by atoms with Gasteiger partial charge in [0.2, 0.25) is 0 Å². The molecule has 1 saturated carbocycles. The second-order valence-corrected chi connectivity index (χ2v) is 6.01. The molecular formula is C15H19BrN2. The van der Waals surface area contributed by atoms with E-state index in [2.05, 4.69) is 33.9 Å². The molecule has 0 aliphatic heterocycles. The summed E-state index contributed by atoms with van der Waals surface area (Å²) < 4.78 is 0.887. The second-order valence-electron chi connectivity index (χ2n) is 5.16. The molecule has 0 aromatic heterocycles. The molecule has 1 fully saturated rings. The van der Waals surface area contributed by atoms with Crippen molar-refractivity contribution >= 4 is 21.6 Å². The zero-order valence-electron chi connectivity index (χ0n) is 10.8. The topological polar surface area (TPSA) is 27.0 Å². The Balaban J connectivity index is 2.02. The Morgan fingerprint density at radius 1 is 1.33 bits per heavy atom. The smallest absolute Gasteiger partial charge is 0.100 e. The average molecular weight is 307 g/mol. The van der Waals surface area contributed by atoms with E-state index >= 15 is 0 Å². The minimum Gasteiger partial charge on any atom is -0.374 e. The number of hydrogen-bond donors (Lipinski definition) is 0. The van der Waals surface area contributed by atoms with Gasteiger partial charge >= 0.3 is 0 Å². The Bertz CT molecular complexity index is 444. The van der Waals surface area contributed by atoms with Gasteiger partial charge in [-0.1, -0.05) is 19.3 Å². The molecular weight excluding hydrogens is 288 g/mol. The van der Waals surface area contributed by atoms with Gasteiger partial charge in [-0.15, -0.1) is 0 Å². The van der Waals surface area contributed by atoms with Crippen LogP contribution in [0.5, 0.6) is 0 Å². The summed E-state index contributed by atoms with van der Waals surface area (Å²) in [6.45, 7) is 1.12. The van der Waals surface area contributed by atoms with Gasteiger partial charge in [0, 0.05) is 23.8 Å². The van der Waals surface area contributed by atoms with Crippen molar-refractivity contribution in [1.29, 1.82) is 5.26 Å². The Hall–Kier alpha value is -1.01. The fourth-order valence-electron chi connectivity index (χ4n) is 2.69. The van der Waals surface area contributed by atoms with Crippen LogP contribution in [0.3, 0.4) is 0 Å². The first-order valence-electron chi connectivity index (χ1n) is 6.61. The first kappa shape index (κ1) is 13.4. The highest BCUT2D eigenvalue weighted by molar-refractivity contribution is 9.10. The Morgan fingerprint density at radius 3 is 2.67 bits per heavy atom. The quantitative estimate of drug-likeness (QED) is 0.830. The van der Waals surface area contributed by atoms with Crippen molar-refractivity contribution in [1.82, 2.24) is 0 Å². The first-order chi connectivity index (χ1) is 8.70. The average Bonchev–Trinajstić information content (AvgIpc) is 2.39. The third kappa shape index (κ3) is 3.26. The van der Waals surface area contributed by atoms with Crippen molar-refractivity contribution in [3.05, 3.63) is 28.2 Å². The third-order valence-corrected chi connectivity index (χ3v) is 4.43. The lowest BCUT2D eigenvalue weighted by atomic mass is 9.89. The Kier molecular flexibility index (Phi) is 4.66. The van der Waals surface area contributed by atoms with Gasteiger partial charge in [0.25, 0.3) is 0 Å². The van der Waals surface area contributed by atoms with Crippen LogP contribution in [-0.4, -0.2) is 13.6 Å². The van der Waals surface area contributed by atoms with Crippen LogP contribution in [-0.2, 0) is 0 Å². The van der Waals surface area contributed by atoms with Crippen LogP contribution < -0.4 is 4.90 Å². The molecule has 0 spiro atoms. The molecule has 0 heterocycles.